The smallest absolute Gasteiger partial charge is 0.306 e. The van der Waals surface area contributed by atoms with E-state index in [0.29, 0.717) is 19.4 Å². The molecule has 5 nitrogen and oxygen atoms in total. The van der Waals surface area contributed by atoms with Crippen molar-refractivity contribution in [2.45, 2.75) is 271 Å². The van der Waals surface area contributed by atoms with Crippen LogP contribution >= 0.6 is 0 Å². The number of allylic oxidation sites excluding steroid dienone is 18. The maximum atomic E-state index is 12.9. The van der Waals surface area contributed by atoms with Gasteiger partial charge in [0, 0.05) is 19.4 Å². The molecule has 0 aliphatic rings. The number of rotatable bonds is 53. The number of hydrogen-bond donors (Lipinski definition) is 0. The summed E-state index contributed by atoms with van der Waals surface area (Å²) in [5.74, 6) is -0.454. The molecule has 0 fully saturated rings. The molecule has 0 N–H and O–H groups in total. The van der Waals surface area contributed by atoms with Crippen LogP contribution in [0.15, 0.2) is 109 Å². The fourth-order valence-corrected chi connectivity index (χ4v) is 7.96. The van der Waals surface area contributed by atoms with Gasteiger partial charge < -0.3 is 14.2 Å². The van der Waals surface area contributed by atoms with Crippen molar-refractivity contribution in [3.8, 4) is 0 Å². The van der Waals surface area contributed by atoms with Gasteiger partial charge in [0.15, 0.2) is 6.10 Å². The molecule has 0 aliphatic heterocycles. The molecule has 5 heteroatoms. The normalized spacial score (nSPS) is 13.0. The average molecular weight is 972 g/mol. The summed E-state index contributed by atoms with van der Waals surface area (Å²) in [4.78, 5) is 25.5. The second-order valence-corrected chi connectivity index (χ2v) is 19.1. The van der Waals surface area contributed by atoms with Crippen LogP contribution in [-0.2, 0) is 23.8 Å². The minimum atomic E-state index is -0.567. The first-order chi connectivity index (χ1) is 34.6. The molecule has 0 aromatic heterocycles. The molecular formula is C65H110O5. The standard InChI is InChI=1S/C65H110O5/c1-4-7-10-13-16-19-22-25-28-30-32-34-36-39-42-45-48-51-54-57-60-68-61-63(70-65(67)59-56-53-50-47-44-41-37-27-24-21-18-15-12-9-6-3)62-69-64(66)58-55-52-49-46-43-40-38-35-33-31-29-26-23-20-17-14-11-8-5-2/h8-9,11-12,17-18,20-21,25-29,33,35,37,40,43,63H,4-7,10,13-16,19,22-24,30-32,34,36,38-39,41-42,44-62H2,1-3H3/b11-8-,12-9-,20-17-,21-18-,28-25-,29-26-,35-33-,37-27-,43-40-. The molecule has 70 heavy (non-hydrogen) atoms. The minimum absolute atomic E-state index is 0.0553. The minimum Gasteiger partial charge on any atom is -0.462 e. The van der Waals surface area contributed by atoms with E-state index in [4.69, 9.17) is 14.2 Å². The van der Waals surface area contributed by atoms with Gasteiger partial charge >= 0.3 is 11.9 Å². The molecule has 0 aromatic rings. The van der Waals surface area contributed by atoms with E-state index in [1.807, 2.05) is 0 Å². The summed E-state index contributed by atoms with van der Waals surface area (Å²) in [5.41, 5.74) is 0. The van der Waals surface area contributed by atoms with Crippen LogP contribution < -0.4 is 0 Å². The van der Waals surface area contributed by atoms with Gasteiger partial charge in [0.25, 0.3) is 0 Å². The van der Waals surface area contributed by atoms with Crippen LogP contribution in [0.25, 0.3) is 0 Å². The van der Waals surface area contributed by atoms with E-state index in [1.54, 1.807) is 0 Å². The van der Waals surface area contributed by atoms with E-state index < -0.39 is 6.10 Å². The van der Waals surface area contributed by atoms with Crippen LogP contribution in [0.5, 0.6) is 0 Å². The molecular weight excluding hydrogens is 861 g/mol. The van der Waals surface area contributed by atoms with Crippen LogP contribution in [-0.4, -0.2) is 37.9 Å². The molecule has 1 atom stereocenters. The number of carbonyl (C=O) groups is 2. The van der Waals surface area contributed by atoms with Crippen LogP contribution in [0.3, 0.4) is 0 Å². The van der Waals surface area contributed by atoms with Crippen molar-refractivity contribution in [1.29, 1.82) is 0 Å². The lowest BCUT2D eigenvalue weighted by Gasteiger charge is -2.18. The number of carbonyl (C=O) groups excluding carboxylic acids is 2. The molecule has 0 saturated carbocycles. The van der Waals surface area contributed by atoms with Crippen molar-refractivity contribution in [3.63, 3.8) is 0 Å². The third-order valence-electron chi connectivity index (χ3n) is 12.3. The zero-order valence-corrected chi connectivity index (χ0v) is 46.0. The second-order valence-electron chi connectivity index (χ2n) is 19.1. The fourth-order valence-electron chi connectivity index (χ4n) is 7.96. The summed E-state index contributed by atoms with van der Waals surface area (Å²) in [6.07, 6.45) is 82.6. The van der Waals surface area contributed by atoms with Crippen LogP contribution in [0.2, 0.25) is 0 Å². The predicted molar refractivity (Wildman–Crippen MR) is 306 cm³/mol. The highest BCUT2D eigenvalue weighted by Gasteiger charge is 2.17. The number of unbranched alkanes of at least 4 members (excludes halogenated alkanes) is 24. The molecule has 0 rings (SSSR count). The Hall–Kier alpha value is -3.44. The highest BCUT2D eigenvalue weighted by Crippen LogP contribution is 2.14. The van der Waals surface area contributed by atoms with Crippen molar-refractivity contribution in [2.75, 3.05) is 19.8 Å². The summed E-state index contributed by atoms with van der Waals surface area (Å²) in [5, 5.41) is 0. The molecule has 0 aromatic carbocycles. The van der Waals surface area contributed by atoms with Gasteiger partial charge in [0.2, 0.25) is 0 Å². The fraction of sp³-hybridized carbons (Fsp3) is 0.692. The van der Waals surface area contributed by atoms with Crippen molar-refractivity contribution < 1.29 is 23.8 Å². The van der Waals surface area contributed by atoms with Crippen LogP contribution in [0.1, 0.15) is 265 Å². The first-order valence-electron chi connectivity index (χ1n) is 29.4. The van der Waals surface area contributed by atoms with Crippen LogP contribution in [0, 0.1) is 0 Å². The van der Waals surface area contributed by atoms with Crippen LogP contribution in [0.4, 0.5) is 0 Å². The van der Waals surface area contributed by atoms with Crippen molar-refractivity contribution in [1.82, 2.24) is 0 Å². The van der Waals surface area contributed by atoms with Crippen molar-refractivity contribution >= 4 is 11.9 Å². The summed E-state index contributed by atoms with van der Waals surface area (Å²) in [6.45, 7) is 7.56. The van der Waals surface area contributed by atoms with Crippen molar-refractivity contribution in [3.05, 3.63) is 109 Å². The Kier molecular flexibility index (Phi) is 56.9. The second kappa shape index (κ2) is 59.9. The Labute approximate surface area is 434 Å². The summed E-state index contributed by atoms with van der Waals surface area (Å²) >= 11 is 0. The molecule has 0 amide bonds. The van der Waals surface area contributed by atoms with Gasteiger partial charge in [0.1, 0.15) is 6.61 Å². The Morgan fingerprint density at radius 2 is 0.643 bits per heavy atom. The molecule has 0 aliphatic carbocycles. The summed E-state index contributed by atoms with van der Waals surface area (Å²) < 4.78 is 17.5. The molecule has 0 heterocycles. The Morgan fingerprint density at radius 3 is 1.06 bits per heavy atom. The zero-order chi connectivity index (χ0) is 50.6. The van der Waals surface area contributed by atoms with Gasteiger partial charge in [-0.05, 0) is 122 Å². The highest BCUT2D eigenvalue weighted by molar-refractivity contribution is 5.70. The maximum Gasteiger partial charge on any atom is 0.306 e. The van der Waals surface area contributed by atoms with E-state index in [2.05, 4.69) is 130 Å². The topological polar surface area (TPSA) is 61.8 Å². The van der Waals surface area contributed by atoms with Gasteiger partial charge in [-0.25, -0.2) is 0 Å². The lowest BCUT2D eigenvalue weighted by molar-refractivity contribution is -0.163. The lowest BCUT2D eigenvalue weighted by Crippen LogP contribution is -2.30. The zero-order valence-electron chi connectivity index (χ0n) is 46.0. The third kappa shape index (κ3) is 57.1. The van der Waals surface area contributed by atoms with Gasteiger partial charge in [0.05, 0.1) is 6.61 Å². The Bertz CT molecular complexity index is 1380. The predicted octanol–water partition coefficient (Wildman–Crippen LogP) is 20.3. The largest absolute Gasteiger partial charge is 0.462 e. The first-order valence-corrected chi connectivity index (χ1v) is 29.4. The van der Waals surface area contributed by atoms with Crippen molar-refractivity contribution in [2.24, 2.45) is 0 Å². The molecule has 0 spiro atoms. The van der Waals surface area contributed by atoms with E-state index in [-0.39, 0.29) is 25.2 Å². The monoisotopic (exact) mass is 971 g/mol. The number of hydrogen-bond acceptors (Lipinski definition) is 5. The lowest BCUT2D eigenvalue weighted by atomic mass is 10.1. The van der Waals surface area contributed by atoms with E-state index in [9.17, 15) is 9.59 Å². The summed E-state index contributed by atoms with van der Waals surface area (Å²) in [6, 6.07) is 0. The molecule has 1 unspecified atom stereocenters. The van der Waals surface area contributed by atoms with E-state index in [0.717, 1.165) is 116 Å². The van der Waals surface area contributed by atoms with E-state index in [1.165, 1.54) is 116 Å². The van der Waals surface area contributed by atoms with E-state index >= 15 is 0 Å². The molecule has 400 valence electrons. The van der Waals surface area contributed by atoms with Gasteiger partial charge in [-0.1, -0.05) is 239 Å². The van der Waals surface area contributed by atoms with Gasteiger partial charge in [-0.15, -0.1) is 0 Å². The average Bonchev–Trinajstić information content (AvgIpc) is 3.36. The third-order valence-corrected chi connectivity index (χ3v) is 12.3. The van der Waals surface area contributed by atoms with Gasteiger partial charge in [-0.2, -0.15) is 0 Å². The summed E-state index contributed by atoms with van der Waals surface area (Å²) in [7, 11) is 0. The van der Waals surface area contributed by atoms with Gasteiger partial charge in [-0.3, -0.25) is 9.59 Å². The molecule has 0 saturated heterocycles. The SMILES string of the molecule is CC/C=C\C/C=C\C/C=C\C/C=C\C/C=C\CCCCCC(=O)OCC(COCCCCCCCCCCCC/C=C\CCCCCCCC)OC(=O)CCCCCCC/C=C\C/C=C\C/C=C\CC. The maximum absolute atomic E-state index is 12.9. The number of esters is 2. The quantitative estimate of drug-likeness (QED) is 0.0345. The first kappa shape index (κ1) is 66.6. The Balaban J connectivity index is 4.35. The molecule has 0 bridgehead atoms. The molecule has 0 radical (unpaired) electrons. The Morgan fingerprint density at radius 1 is 0.329 bits per heavy atom. The highest BCUT2D eigenvalue weighted by atomic mass is 16.6. The number of ether oxygens (including phenoxy) is 3.